The molecule has 1 amide bonds. The van der Waals surface area contributed by atoms with Crippen molar-refractivity contribution in [2.45, 2.75) is 31.9 Å². The van der Waals surface area contributed by atoms with E-state index in [0.717, 1.165) is 5.56 Å². The highest BCUT2D eigenvalue weighted by atomic mass is 19.1. The second-order valence-corrected chi connectivity index (χ2v) is 5.86. The van der Waals surface area contributed by atoms with Gasteiger partial charge in [-0.3, -0.25) is 9.78 Å². The lowest BCUT2D eigenvalue weighted by Gasteiger charge is -2.37. The van der Waals surface area contributed by atoms with Crippen molar-refractivity contribution in [3.05, 3.63) is 53.9 Å². The van der Waals surface area contributed by atoms with Crippen LogP contribution in [-0.4, -0.2) is 21.5 Å². The average Bonchev–Trinajstić information content (AvgIpc) is 2.46. The van der Waals surface area contributed by atoms with Gasteiger partial charge in [0, 0.05) is 30.4 Å². The molecule has 0 saturated carbocycles. The van der Waals surface area contributed by atoms with Crippen LogP contribution in [0.3, 0.4) is 0 Å². The number of nitrogens with zero attached hydrogens (tertiary/aromatic N) is 2. The van der Waals surface area contributed by atoms with E-state index in [9.17, 15) is 9.18 Å². The number of benzene rings is 1. The predicted molar refractivity (Wildman–Crippen MR) is 78.0 cm³/mol. The van der Waals surface area contributed by atoms with Gasteiger partial charge in [0.05, 0.1) is 12.2 Å². The summed E-state index contributed by atoms with van der Waals surface area (Å²) < 4.78 is 19.2. The number of carbonyl (C=O) groups excluding carboxylic acids is 1. The Morgan fingerprint density at radius 3 is 2.95 bits per heavy atom. The molecule has 0 fully saturated rings. The Bertz CT molecular complexity index is 704. The molecule has 1 aromatic heterocycles. The highest BCUT2D eigenvalue weighted by Gasteiger charge is 2.35. The molecule has 5 nitrogen and oxygen atoms in total. The second kappa shape index (κ2) is 5.36. The van der Waals surface area contributed by atoms with Gasteiger partial charge in [0.2, 0.25) is 0 Å². The summed E-state index contributed by atoms with van der Waals surface area (Å²) in [6.07, 6.45) is 4.96. The molecule has 1 aromatic carbocycles. The molecule has 2 aromatic rings. The van der Waals surface area contributed by atoms with Crippen LogP contribution in [0.4, 0.5) is 4.39 Å². The number of halogens is 1. The van der Waals surface area contributed by atoms with Crippen LogP contribution in [0, 0.1) is 5.82 Å². The van der Waals surface area contributed by atoms with Crippen molar-refractivity contribution in [3.63, 3.8) is 0 Å². The number of ether oxygens (including phenoxy) is 1. The van der Waals surface area contributed by atoms with Gasteiger partial charge >= 0.3 is 0 Å². The van der Waals surface area contributed by atoms with Gasteiger partial charge in [0.1, 0.15) is 22.9 Å². The minimum Gasteiger partial charge on any atom is -0.487 e. The summed E-state index contributed by atoms with van der Waals surface area (Å²) in [4.78, 5) is 20.1. The van der Waals surface area contributed by atoms with Gasteiger partial charge in [-0.25, -0.2) is 9.37 Å². The highest BCUT2D eigenvalue weighted by molar-refractivity contribution is 5.92. The molecule has 1 aliphatic rings. The second-order valence-electron chi connectivity index (χ2n) is 5.86. The Labute approximate surface area is 127 Å². The van der Waals surface area contributed by atoms with Gasteiger partial charge in [0.25, 0.3) is 5.91 Å². The third-order valence-electron chi connectivity index (χ3n) is 3.53. The topological polar surface area (TPSA) is 64.1 Å². The first-order chi connectivity index (χ1) is 10.4. The summed E-state index contributed by atoms with van der Waals surface area (Å²) in [5, 5.41) is 2.92. The maximum absolute atomic E-state index is 13.4. The zero-order valence-electron chi connectivity index (χ0n) is 12.3. The Balaban J connectivity index is 1.89. The van der Waals surface area contributed by atoms with Crippen LogP contribution in [0.25, 0.3) is 0 Å². The Morgan fingerprint density at radius 2 is 2.23 bits per heavy atom. The zero-order valence-corrected chi connectivity index (χ0v) is 12.3. The van der Waals surface area contributed by atoms with E-state index in [1.807, 2.05) is 13.8 Å². The van der Waals surface area contributed by atoms with Crippen molar-refractivity contribution in [2.24, 2.45) is 0 Å². The van der Waals surface area contributed by atoms with E-state index in [4.69, 9.17) is 4.74 Å². The molecule has 2 heterocycles. The molecule has 3 rings (SSSR count). The molecule has 0 saturated heterocycles. The number of hydrogen-bond acceptors (Lipinski definition) is 4. The van der Waals surface area contributed by atoms with Crippen molar-refractivity contribution >= 4 is 5.91 Å². The number of rotatable bonds is 2. The number of hydrogen-bond donors (Lipinski definition) is 1. The van der Waals surface area contributed by atoms with Crippen LogP contribution in [-0.2, 0) is 0 Å². The van der Waals surface area contributed by atoms with Crippen LogP contribution >= 0.6 is 0 Å². The van der Waals surface area contributed by atoms with Gasteiger partial charge < -0.3 is 10.1 Å². The zero-order chi connectivity index (χ0) is 15.7. The molecular formula is C16H16FN3O2. The molecule has 114 valence electrons. The van der Waals surface area contributed by atoms with E-state index in [-0.39, 0.29) is 23.5 Å². The van der Waals surface area contributed by atoms with Gasteiger partial charge in [0.15, 0.2) is 0 Å². The number of amides is 1. The summed E-state index contributed by atoms with van der Waals surface area (Å²) in [6, 6.07) is 4.08. The van der Waals surface area contributed by atoms with Crippen molar-refractivity contribution < 1.29 is 13.9 Å². The predicted octanol–water partition coefficient (Wildman–Crippen LogP) is 2.65. The Hall–Kier alpha value is -2.50. The normalized spacial score (nSPS) is 19.0. The SMILES string of the molecule is CC1(C)C[C@H](NC(=O)c2cnccn2)c2ccc(F)cc2O1. The lowest BCUT2D eigenvalue weighted by atomic mass is 9.89. The van der Waals surface area contributed by atoms with Crippen molar-refractivity contribution in [1.82, 2.24) is 15.3 Å². The summed E-state index contributed by atoms with van der Waals surface area (Å²) in [5.41, 5.74) is 0.509. The molecule has 1 aliphatic heterocycles. The molecule has 1 N–H and O–H groups in total. The number of aromatic nitrogens is 2. The summed E-state index contributed by atoms with van der Waals surface area (Å²) in [5.74, 6) is -0.220. The van der Waals surface area contributed by atoms with Gasteiger partial charge in [-0.05, 0) is 19.9 Å². The first-order valence-electron chi connectivity index (χ1n) is 7.00. The van der Waals surface area contributed by atoms with Crippen LogP contribution in [0.15, 0.2) is 36.8 Å². The molecular weight excluding hydrogens is 285 g/mol. The Morgan fingerprint density at radius 1 is 1.41 bits per heavy atom. The fraction of sp³-hybridized carbons (Fsp3) is 0.312. The van der Waals surface area contributed by atoms with E-state index in [1.54, 1.807) is 6.07 Å². The van der Waals surface area contributed by atoms with Crippen molar-refractivity contribution in [2.75, 3.05) is 0 Å². The molecule has 6 heteroatoms. The van der Waals surface area contributed by atoms with Gasteiger partial charge in [-0.2, -0.15) is 0 Å². The fourth-order valence-electron chi connectivity index (χ4n) is 2.60. The van der Waals surface area contributed by atoms with Gasteiger partial charge in [-0.1, -0.05) is 6.07 Å². The molecule has 0 bridgehead atoms. The maximum atomic E-state index is 13.4. The third-order valence-corrected chi connectivity index (χ3v) is 3.53. The first kappa shape index (κ1) is 14.4. The molecule has 0 aliphatic carbocycles. The minimum absolute atomic E-state index is 0.246. The number of fused-ring (bicyclic) bond motifs is 1. The fourth-order valence-corrected chi connectivity index (χ4v) is 2.60. The number of nitrogens with one attached hydrogen (secondary N) is 1. The van der Waals surface area contributed by atoms with Gasteiger partial charge in [-0.15, -0.1) is 0 Å². The Kier molecular flexibility index (Phi) is 3.52. The average molecular weight is 301 g/mol. The third kappa shape index (κ3) is 2.90. The first-order valence-corrected chi connectivity index (χ1v) is 7.00. The standard InChI is InChI=1S/C16H16FN3O2/c1-16(2)8-12(11-4-3-10(17)7-14(11)22-16)20-15(21)13-9-18-5-6-19-13/h3-7,9,12H,8H2,1-2H3,(H,20,21)/t12-/m0/s1. The molecule has 22 heavy (non-hydrogen) atoms. The molecule has 0 radical (unpaired) electrons. The van der Waals surface area contributed by atoms with E-state index < -0.39 is 5.60 Å². The molecule has 1 atom stereocenters. The van der Waals surface area contributed by atoms with E-state index in [1.165, 1.54) is 30.7 Å². The summed E-state index contributed by atoms with van der Waals surface area (Å²) in [6.45, 7) is 3.81. The maximum Gasteiger partial charge on any atom is 0.271 e. The smallest absolute Gasteiger partial charge is 0.271 e. The van der Waals surface area contributed by atoms with Crippen LogP contribution in [0.2, 0.25) is 0 Å². The van der Waals surface area contributed by atoms with Crippen LogP contribution in [0.5, 0.6) is 5.75 Å². The van der Waals surface area contributed by atoms with Crippen molar-refractivity contribution in [1.29, 1.82) is 0 Å². The van der Waals surface area contributed by atoms with Crippen molar-refractivity contribution in [3.8, 4) is 5.75 Å². The molecule has 0 spiro atoms. The largest absolute Gasteiger partial charge is 0.487 e. The highest BCUT2D eigenvalue weighted by Crippen LogP contribution is 2.39. The van der Waals surface area contributed by atoms with E-state index in [2.05, 4.69) is 15.3 Å². The lowest BCUT2D eigenvalue weighted by Crippen LogP contribution is -2.41. The monoisotopic (exact) mass is 301 g/mol. The minimum atomic E-state index is -0.499. The lowest BCUT2D eigenvalue weighted by molar-refractivity contribution is 0.0614. The van der Waals surface area contributed by atoms with E-state index in [0.29, 0.717) is 12.2 Å². The quantitative estimate of drug-likeness (QED) is 0.926. The van der Waals surface area contributed by atoms with Crippen LogP contribution in [0.1, 0.15) is 42.4 Å². The number of carbonyl (C=O) groups is 1. The summed E-state index contributed by atoms with van der Waals surface area (Å²) >= 11 is 0. The molecule has 0 unspecified atom stereocenters. The summed E-state index contributed by atoms with van der Waals surface area (Å²) in [7, 11) is 0. The van der Waals surface area contributed by atoms with Crippen LogP contribution < -0.4 is 10.1 Å². The van der Waals surface area contributed by atoms with E-state index >= 15 is 0 Å².